The number of aliphatic imine (C=N–C) groups is 1. The van der Waals surface area contributed by atoms with Crippen LogP contribution in [0.1, 0.15) is 44.9 Å². The van der Waals surface area contributed by atoms with Crippen LogP contribution in [0.4, 0.5) is 0 Å². The second kappa shape index (κ2) is 17.1. The Kier molecular flexibility index (Phi) is 15.3. The molecule has 0 fully saturated rings. The molecular weight excluding hydrogens is 452 g/mol. The molecule has 0 aromatic heterocycles. The van der Waals surface area contributed by atoms with Gasteiger partial charge in [-0.2, -0.15) is 0 Å². The second-order valence-electron chi connectivity index (χ2n) is 7.51. The van der Waals surface area contributed by atoms with E-state index in [9.17, 15) is 29.1 Å². The van der Waals surface area contributed by atoms with Crippen LogP contribution in [-0.2, 0) is 24.0 Å². The van der Waals surface area contributed by atoms with Crippen LogP contribution < -0.4 is 38.9 Å². The van der Waals surface area contributed by atoms with Crippen molar-refractivity contribution in [3.63, 3.8) is 0 Å². The van der Waals surface area contributed by atoms with Gasteiger partial charge in [0.25, 0.3) is 0 Å². The molecule has 0 aromatic carbocycles. The highest BCUT2D eigenvalue weighted by Crippen LogP contribution is 2.03. The van der Waals surface area contributed by atoms with E-state index in [4.69, 9.17) is 28.0 Å². The van der Waals surface area contributed by atoms with Gasteiger partial charge >= 0.3 is 11.9 Å². The summed E-state index contributed by atoms with van der Waals surface area (Å²) in [5, 5.41) is 25.0. The predicted octanol–water partition coefficient (Wildman–Crippen LogP) is -3.47. The van der Waals surface area contributed by atoms with E-state index in [1.54, 1.807) is 0 Å². The number of hydrogen-bond donors (Lipinski definition) is 9. The third-order valence-corrected chi connectivity index (χ3v) is 4.59. The van der Waals surface area contributed by atoms with Crippen molar-refractivity contribution in [2.24, 2.45) is 27.9 Å². The van der Waals surface area contributed by atoms with Gasteiger partial charge in [0.05, 0.1) is 12.6 Å². The number of rotatable bonds is 18. The van der Waals surface area contributed by atoms with Crippen molar-refractivity contribution in [2.45, 2.75) is 63.1 Å². The molecule has 3 amide bonds. The number of unbranched alkanes of at least 4 members (excludes halogenated alkanes) is 1. The van der Waals surface area contributed by atoms with E-state index in [2.05, 4.69) is 20.9 Å². The summed E-state index contributed by atoms with van der Waals surface area (Å²) < 4.78 is 0. The van der Waals surface area contributed by atoms with Crippen LogP contribution in [0.15, 0.2) is 4.99 Å². The van der Waals surface area contributed by atoms with Crippen molar-refractivity contribution >= 4 is 35.6 Å². The van der Waals surface area contributed by atoms with Crippen molar-refractivity contribution in [1.29, 1.82) is 0 Å². The maximum absolute atomic E-state index is 12.5. The highest BCUT2D eigenvalue weighted by atomic mass is 16.4. The normalized spacial score (nSPS) is 13.1. The van der Waals surface area contributed by atoms with Gasteiger partial charge in [-0.15, -0.1) is 0 Å². The summed E-state index contributed by atoms with van der Waals surface area (Å²) >= 11 is 0. The number of guanidine groups is 1. The molecule has 15 nitrogen and oxygen atoms in total. The average molecular weight is 489 g/mol. The first-order chi connectivity index (χ1) is 16.0. The minimum atomic E-state index is -1.26. The monoisotopic (exact) mass is 488 g/mol. The van der Waals surface area contributed by atoms with Crippen LogP contribution in [-0.4, -0.2) is 83.6 Å². The van der Waals surface area contributed by atoms with Crippen molar-refractivity contribution in [2.75, 3.05) is 19.6 Å². The fourth-order valence-corrected chi connectivity index (χ4v) is 2.75. The minimum absolute atomic E-state index is 0.0994. The zero-order chi connectivity index (χ0) is 26.1. The molecule has 0 saturated carbocycles. The Morgan fingerprint density at radius 2 is 1.53 bits per heavy atom. The van der Waals surface area contributed by atoms with Gasteiger partial charge in [0, 0.05) is 13.0 Å². The third kappa shape index (κ3) is 14.6. The van der Waals surface area contributed by atoms with Crippen LogP contribution >= 0.6 is 0 Å². The van der Waals surface area contributed by atoms with E-state index < -0.39 is 60.8 Å². The Morgan fingerprint density at radius 1 is 0.853 bits per heavy atom. The van der Waals surface area contributed by atoms with Crippen LogP contribution in [0, 0.1) is 0 Å². The molecule has 0 aliphatic heterocycles. The highest BCUT2D eigenvalue weighted by Gasteiger charge is 2.25. The van der Waals surface area contributed by atoms with E-state index in [1.807, 2.05) is 0 Å². The minimum Gasteiger partial charge on any atom is -0.481 e. The van der Waals surface area contributed by atoms with Gasteiger partial charge in [-0.1, -0.05) is 0 Å². The Hall–Kier alpha value is -3.46. The lowest BCUT2D eigenvalue weighted by Gasteiger charge is -2.20. The fraction of sp³-hybridized carbons (Fsp3) is 0.684. The Balaban J connectivity index is 4.84. The van der Waals surface area contributed by atoms with E-state index in [0.29, 0.717) is 25.8 Å². The first-order valence-electron chi connectivity index (χ1n) is 10.8. The number of nitrogens with one attached hydrogen (secondary N) is 3. The molecule has 3 atom stereocenters. The maximum Gasteiger partial charge on any atom is 0.326 e. The summed E-state index contributed by atoms with van der Waals surface area (Å²) in [6.45, 7) is 0.0775. The molecule has 0 saturated heterocycles. The largest absolute Gasteiger partial charge is 0.481 e. The number of carboxylic acids is 2. The quantitative estimate of drug-likeness (QED) is 0.0519. The fourth-order valence-electron chi connectivity index (χ4n) is 2.75. The smallest absolute Gasteiger partial charge is 0.326 e. The lowest BCUT2D eigenvalue weighted by molar-refractivity contribution is -0.142. The molecule has 13 N–H and O–H groups in total. The summed E-state index contributed by atoms with van der Waals surface area (Å²) in [6.07, 6.45) is 1.20. The molecule has 194 valence electrons. The molecule has 3 unspecified atom stereocenters. The predicted molar refractivity (Wildman–Crippen MR) is 122 cm³/mol. The molecule has 15 heteroatoms. The molecule has 0 heterocycles. The van der Waals surface area contributed by atoms with Crippen LogP contribution in [0.25, 0.3) is 0 Å². The highest BCUT2D eigenvalue weighted by molar-refractivity contribution is 5.92. The van der Waals surface area contributed by atoms with Gasteiger partial charge in [0.1, 0.15) is 12.1 Å². The lowest BCUT2D eigenvalue weighted by atomic mass is 10.1. The van der Waals surface area contributed by atoms with Gasteiger partial charge in [0.15, 0.2) is 5.96 Å². The zero-order valence-electron chi connectivity index (χ0n) is 19.0. The standard InChI is InChI=1S/C19H36N8O7/c20-8-2-1-5-13(18(33)34)26-14(28)10-25-17(32)12(6-7-15(29)30)27-16(31)11(21)4-3-9-24-19(22)23/h11-13H,1-10,20-21H2,(H,25,32)(H,26,28)(H,27,31)(H,29,30)(H,33,34)(H4,22,23,24). The summed E-state index contributed by atoms with van der Waals surface area (Å²) in [7, 11) is 0. The Bertz CT molecular complexity index is 727. The summed E-state index contributed by atoms with van der Waals surface area (Å²) in [4.78, 5) is 62.8. The summed E-state index contributed by atoms with van der Waals surface area (Å²) in [5.74, 6) is -4.77. The van der Waals surface area contributed by atoms with Crippen LogP contribution in [0.2, 0.25) is 0 Å². The van der Waals surface area contributed by atoms with Gasteiger partial charge in [-0.25, -0.2) is 4.79 Å². The Labute approximate surface area is 197 Å². The van der Waals surface area contributed by atoms with Crippen LogP contribution in [0.3, 0.4) is 0 Å². The van der Waals surface area contributed by atoms with Crippen molar-refractivity contribution in [3.8, 4) is 0 Å². The van der Waals surface area contributed by atoms with Crippen LogP contribution in [0.5, 0.6) is 0 Å². The summed E-state index contributed by atoms with van der Waals surface area (Å²) in [5.41, 5.74) is 21.6. The topological polar surface area (TPSA) is 278 Å². The number of nitrogens with two attached hydrogens (primary N) is 4. The van der Waals surface area contributed by atoms with Crippen molar-refractivity contribution < 1.29 is 34.2 Å². The van der Waals surface area contributed by atoms with Gasteiger partial charge in [-0.3, -0.25) is 24.2 Å². The molecule has 0 radical (unpaired) electrons. The molecule has 0 aromatic rings. The number of carboxylic acid groups (broad SMARTS) is 2. The average Bonchev–Trinajstić information content (AvgIpc) is 2.76. The number of carbonyl (C=O) groups is 5. The maximum atomic E-state index is 12.5. The lowest BCUT2D eigenvalue weighted by Crippen LogP contribution is -2.53. The van der Waals surface area contributed by atoms with E-state index >= 15 is 0 Å². The third-order valence-electron chi connectivity index (χ3n) is 4.59. The second-order valence-corrected chi connectivity index (χ2v) is 7.51. The Morgan fingerprint density at radius 3 is 2.09 bits per heavy atom. The molecule has 0 aliphatic rings. The number of nitrogens with zero attached hydrogens (tertiary/aromatic N) is 1. The zero-order valence-corrected chi connectivity index (χ0v) is 19.0. The van der Waals surface area contributed by atoms with Gasteiger partial charge in [-0.05, 0) is 45.1 Å². The molecule has 0 rings (SSSR count). The van der Waals surface area contributed by atoms with Gasteiger partial charge in [0.2, 0.25) is 17.7 Å². The molecule has 34 heavy (non-hydrogen) atoms. The summed E-state index contributed by atoms with van der Waals surface area (Å²) in [6, 6.07) is -3.40. The van der Waals surface area contributed by atoms with E-state index in [-0.39, 0.29) is 31.8 Å². The molecule has 0 spiro atoms. The van der Waals surface area contributed by atoms with Crippen molar-refractivity contribution in [1.82, 2.24) is 16.0 Å². The number of amides is 3. The SMILES string of the molecule is NCCCCC(NC(=O)CNC(=O)C(CCC(=O)O)NC(=O)C(N)CCCN=C(N)N)C(=O)O. The van der Waals surface area contributed by atoms with E-state index in [0.717, 1.165) is 0 Å². The molecule has 0 aliphatic carbocycles. The van der Waals surface area contributed by atoms with E-state index in [1.165, 1.54) is 0 Å². The number of hydrogen-bond acceptors (Lipinski definition) is 8. The first-order valence-corrected chi connectivity index (χ1v) is 10.8. The van der Waals surface area contributed by atoms with Gasteiger partial charge < -0.3 is 49.1 Å². The van der Waals surface area contributed by atoms with Crippen molar-refractivity contribution in [3.05, 3.63) is 0 Å². The molecular formula is C19H36N8O7. The first kappa shape index (κ1) is 30.5. The molecule has 0 bridgehead atoms. The number of carbonyl (C=O) groups excluding carboxylic acids is 3. The number of aliphatic carboxylic acids is 2.